The van der Waals surface area contributed by atoms with E-state index in [0.29, 0.717) is 6.54 Å². The maximum absolute atomic E-state index is 12.2. The van der Waals surface area contributed by atoms with E-state index < -0.39 is 0 Å². The van der Waals surface area contributed by atoms with Crippen molar-refractivity contribution in [2.45, 2.75) is 58.9 Å². The zero-order chi connectivity index (χ0) is 14.5. The average Bonchev–Trinajstić information content (AvgIpc) is 2.77. The molecule has 124 valence electrons. The van der Waals surface area contributed by atoms with Crippen LogP contribution < -0.4 is 11.1 Å². The highest BCUT2D eigenvalue weighted by molar-refractivity contribution is 7.13. The SMILES string of the molecule is CCCc1nc(C)c(C(=O)NCC(N)(CC)CC)s1.Cl.Cl. The molecule has 3 N–H and O–H groups in total. The van der Waals surface area contributed by atoms with Crippen LogP contribution >= 0.6 is 36.2 Å². The molecule has 0 saturated heterocycles. The predicted octanol–water partition coefficient (Wildman–Crippen LogP) is 3.49. The highest BCUT2D eigenvalue weighted by Crippen LogP contribution is 2.19. The van der Waals surface area contributed by atoms with E-state index in [0.717, 1.165) is 41.3 Å². The first-order valence-electron chi connectivity index (χ1n) is 6.99. The van der Waals surface area contributed by atoms with E-state index in [2.05, 4.69) is 17.2 Å². The van der Waals surface area contributed by atoms with Crippen molar-refractivity contribution < 1.29 is 4.79 Å². The number of hydrogen-bond acceptors (Lipinski definition) is 4. The lowest BCUT2D eigenvalue weighted by Gasteiger charge is -2.26. The second-order valence-corrected chi connectivity index (χ2v) is 6.11. The molecule has 0 aliphatic rings. The third-order valence-corrected chi connectivity index (χ3v) is 4.74. The molecule has 1 aromatic heterocycles. The zero-order valence-electron chi connectivity index (χ0n) is 13.2. The van der Waals surface area contributed by atoms with Crippen LogP contribution in [0.25, 0.3) is 0 Å². The molecule has 7 heteroatoms. The summed E-state index contributed by atoms with van der Waals surface area (Å²) in [5.41, 5.74) is 6.70. The smallest absolute Gasteiger partial charge is 0.263 e. The number of nitrogens with two attached hydrogens (primary N) is 1. The Balaban J connectivity index is 0. The quantitative estimate of drug-likeness (QED) is 0.786. The second-order valence-electron chi connectivity index (χ2n) is 5.02. The Morgan fingerprint density at radius 1 is 1.29 bits per heavy atom. The van der Waals surface area contributed by atoms with Crippen LogP contribution in [0.15, 0.2) is 0 Å². The molecule has 0 fully saturated rings. The summed E-state index contributed by atoms with van der Waals surface area (Å²) in [7, 11) is 0. The standard InChI is InChI=1S/C14H25N3OS.2ClH/c1-5-8-11-17-10(4)12(19-11)13(18)16-9-14(15,6-2)7-3;;/h5-9,15H2,1-4H3,(H,16,18);2*1H. The Morgan fingerprint density at radius 3 is 2.33 bits per heavy atom. The molecule has 21 heavy (non-hydrogen) atoms. The van der Waals surface area contributed by atoms with Crippen molar-refractivity contribution in [3.05, 3.63) is 15.6 Å². The minimum atomic E-state index is -0.305. The zero-order valence-corrected chi connectivity index (χ0v) is 15.6. The fourth-order valence-electron chi connectivity index (χ4n) is 1.82. The van der Waals surface area contributed by atoms with Crippen molar-refractivity contribution in [2.24, 2.45) is 5.73 Å². The van der Waals surface area contributed by atoms with Crippen LogP contribution in [0.2, 0.25) is 0 Å². The Labute approximate surface area is 144 Å². The molecule has 0 radical (unpaired) electrons. The number of thiazole rings is 1. The normalized spacial score (nSPS) is 10.5. The number of carbonyl (C=O) groups excluding carboxylic acids is 1. The minimum absolute atomic E-state index is 0. The number of nitrogens with one attached hydrogen (secondary N) is 1. The van der Waals surface area contributed by atoms with Gasteiger partial charge in [0.15, 0.2) is 0 Å². The highest BCUT2D eigenvalue weighted by atomic mass is 35.5. The van der Waals surface area contributed by atoms with Crippen LogP contribution in [-0.4, -0.2) is 23.0 Å². The van der Waals surface area contributed by atoms with Crippen LogP contribution in [0.4, 0.5) is 0 Å². The number of aromatic nitrogens is 1. The van der Waals surface area contributed by atoms with Crippen LogP contribution in [0, 0.1) is 6.92 Å². The maximum atomic E-state index is 12.2. The van der Waals surface area contributed by atoms with Crippen molar-refractivity contribution in [3.63, 3.8) is 0 Å². The lowest BCUT2D eigenvalue weighted by Crippen LogP contribution is -2.49. The highest BCUT2D eigenvalue weighted by Gasteiger charge is 2.22. The Hall–Kier alpha value is -0.360. The molecule has 1 amide bonds. The van der Waals surface area contributed by atoms with Crippen LogP contribution in [0.1, 0.15) is 60.4 Å². The van der Waals surface area contributed by atoms with E-state index in [1.165, 1.54) is 11.3 Å². The van der Waals surface area contributed by atoms with Crippen molar-refractivity contribution in [1.82, 2.24) is 10.3 Å². The molecule has 0 aliphatic heterocycles. The van der Waals surface area contributed by atoms with Gasteiger partial charge >= 0.3 is 0 Å². The molecule has 1 heterocycles. The minimum Gasteiger partial charge on any atom is -0.349 e. The molecule has 0 bridgehead atoms. The fraction of sp³-hybridized carbons (Fsp3) is 0.714. The summed E-state index contributed by atoms with van der Waals surface area (Å²) in [5, 5.41) is 3.98. The molecule has 0 aliphatic carbocycles. The van der Waals surface area contributed by atoms with Gasteiger partial charge in [0, 0.05) is 12.1 Å². The second kappa shape index (κ2) is 10.4. The molecular weight excluding hydrogens is 329 g/mol. The lowest BCUT2D eigenvalue weighted by atomic mass is 9.94. The summed E-state index contributed by atoms with van der Waals surface area (Å²) < 4.78 is 0. The summed E-state index contributed by atoms with van der Waals surface area (Å²) in [6.07, 6.45) is 3.69. The molecule has 0 saturated carbocycles. The topological polar surface area (TPSA) is 68.0 Å². The number of amides is 1. The summed E-state index contributed by atoms with van der Waals surface area (Å²) in [6, 6.07) is 0. The number of aryl methyl sites for hydroxylation is 2. The van der Waals surface area contributed by atoms with E-state index in [9.17, 15) is 4.79 Å². The van der Waals surface area contributed by atoms with Crippen molar-refractivity contribution in [2.75, 3.05) is 6.54 Å². The maximum Gasteiger partial charge on any atom is 0.263 e. The van der Waals surface area contributed by atoms with E-state index in [1.807, 2.05) is 20.8 Å². The number of hydrogen-bond donors (Lipinski definition) is 2. The molecular formula is C14H27Cl2N3OS. The first-order valence-corrected chi connectivity index (χ1v) is 7.80. The molecule has 0 atom stereocenters. The molecule has 0 unspecified atom stereocenters. The van der Waals surface area contributed by atoms with Crippen LogP contribution in [-0.2, 0) is 6.42 Å². The van der Waals surface area contributed by atoms with Gasteiger partial charge in [0.1, 0.15) is 4.88 Å². The summed E-state index contributed by atoms with van der Waals surface area (Å²) in [4.78, 5) is 17.3. The van der Waals surface area contributed by atoms with Gasteiger partial charge in [-0.15, -0.1) is 36.2 Å². The number of rotatable bonds is 7. The van der Waals surface area contributed by atoms with Crippen molar-refractivity contribution in [3.8, 4) is 0 Å². The van der Waals surface area contributed by atoms with Gasteiger partial charge in [-0.1, -0.05) is 20.8 Å². The molecule has 1 rings (SSSR count). The van der Waals surface area contributed by atoms with Gasteiger partial charge in [-0.3, -0.25) is 4.79 Å². The Bertz CT molecular complexity index is 434. The van der Waals surface area contributed by atoms with Crippen LogP contribution in [0.5, 0.6) is 0 Å². The predicted molar refractivity (Wildman–Crippen MR) is 95.2 cm³/mol. The first-order chi connectivity index (χ1) is 8.95. The van der Waals surface area contributed by atoms with Gasteiger partial charge in [0.2, 0.25) is 0 Å². The average molecular weight is 356 g/mol. The number of nitrogens with zero attached hydrogens (tertiary/aromatic N) is 1. The molecule has 1 aromatic rings. The summed E-state index contributed by atoms with van der Waals surface area (Å²) >= 11 is 1.49. The van der Waals surface area contributed by atoms with Gasteiger partial charge < -0.3 is 11.1 Å². The van der Waals surface area contributed by atoms with Gasteiger partial charge in [-0.25, -0.2) is 4.98 Å². The van der Waals surface area contributed by atoms with Crippen LogP contribution in [0.3, 0.4) is 0 Å². The molecule has 0 aromatic carbocycles. The van der Waals surface area contributed by atoms with E-state index in [4.69, 9.17) is 5.73 Å². The third-order valence-electron chi connectivity index (χ3n) is 3.52. The first kappa shape index (κ1) is 22.9. The van der Waals surface area contributed by atoms with E-state index in [-0.39, 0.29) is 36.3 Å². The van der Waals surface area contributed by atoms with E-state index in [1.54, 1.807) is 0 Å². The van der Waals surface area contributed by atoms with Crippen molar-refractivity contribution in [1.29, 1.82) is 0 Å². The Kier molecular flexibility index (Phi) is 11.3. The number of halogens is 2. The summed E-state index contributed by atoms with van der Waals surface area (Å²) in [6.45, 7) is 8.61. The van der Waals surface area contributed by atoms with Gasteiger partial charge in [0.05, 0.1) is 10.7 Å². The monoisotopic (exact) mass is 355 g/mol. The fourth-order valence-corrected chi connectivity index (χ4v) is 2.90. The summed E-state index contributed by atoms with van der Waals surface area (Å²) in [5.74, 6) is -0.0471. The van der Waals surface area contributed by atoms with Gasteiger partial charge in [-0.2, -0.15) is 0 Å². The van der Waals surface area contributed by atoms with Gasteiger partial charge in [0.25, 0.3) is 5.91 Å². The molecule has 4 nitrogen and oxygen atoms in total. The van der Waals surface area contributed by atoms with E-state index >= 15 is 0 Å². The largest absolute Gasteiger partial charge is 0.349 e. The van der Waals surface area contributed by atoms with Gasteiger partial charge in [-0.05, 0) is 32.6 Å². The van der Waals surface area contributed by atoms with Crippen molar-refractivity contribution >= 4 is 42.1 Å². The Morgan fingerprint density at radius 2 is 1.86 bits per heavy atom. The molecule has 0 spiro atoms. The third kappa shape index (κ3) is 6.51. The lowest BCUT2D eigenvalue weighted by molar-refractivity contribution is 0.0945. The number of carbonyl (C=O) groups is 1.